The highest BCUT2D eigenvalue weighted by Gasteiger charge is 2.06. The van der Waals surface area contributed by atoms with E-state index in [2.05, 4.69) is 27.3 Å². The van der Waals surface area contributed by atoms with Gasteiger partial charge in [-0.2, -0.15) is 0 Å². The van der Waals surface area contributed by atoms with Crippen LogP contribution in [0.4, 0.5) is 5.82 Å². The van der Waals surface area contributed by atoms with E-state index in [4.69, 9.17) is 9.47 Å². The number of hydrogen-bond acceptors (Lipinski definition) is 5. The predicted molar refractivity (Wildman–Crippen MR) is 77.4 cm³/mol. The number of rotatable bonds is 10. The fourth-order valence-corrected chi connectivity index (χ4v) is 1.89. The molecule has 0 unspecified atom stereocenters. The van der Waals surface area contributed by atoms with Gasteiger partial charge in [0.15, 0.2) is 0 Å². The fraction of sp³-hybridized carbons (Fsp3) is 0.643. The number of pyridine rings is 1. The molecule has 0 aromatic carbocycles. The first-order valence-electron chi connectivity index (χ1n) is 6.63. The molecule has 0 aliphatic heterocycles. The molecule has 1 aromatic rings. The van der Waals surface area contributed by atoms with E-state index < -0.39 is 0 Å². The number of ether oxygens (including phenoxy) is 2. The number of nitrogens with one attached hydrogen (secondary N) is 1. The summed E-state index contributed by atoms with van der Waals surface area (Å²) in [6.07, 6.45) is 2.87. The second kappa shape index (κ2) is 9.72. The largest absolute Gasteiger partial charge is 0.385 e. The average Bonchev–Trinajstić information content (AvgIpc) is 2.45. The standard InChI is InChI=1S/C14H25N3O2/c1-15-14-11-13(5-6-16-14)12-17(8-10-19-3)7-4-9-18-2/h5-6,11H,4,7-10,12H2,1-3H3,(H,15,16). The summed E-state index contributed by atoms with van der Waals surface area (Å²) in [5.41, 5.74) is 1.26. The first-order chi connectivity index (χ1) is 9.30. The first kappa shape index (κ1) is 15.9. The lowest BCUT2D eigenvalue weighted by atomic mass is 10.2. The summed E-state index contributed by atoms with van der Waals surface area (Å²) >= 11 is 0. The van der Waals surface area contributed by atoms with Gasteiger partial charge in [-0.15, -0.1) is 0 Å². The lowest BCUT2D eigenvalue weighted by molar-refractivity contribution is 0.129. The molecule has 0 saturated carbocycles. The fourth-order valence-electron chi connectivity index (χ4n) is 1.89. The zero-order valence-electron chi connectivity index (χ0n) is 12.2. The zero-order valence-corrected chi connectivity index (χ0v) is 12.2. The summed E-state index contributed by atoms with van der Waals surface area (Å²) in [7, 11) is 5.35. The maximum absolute atomic E-state index is 5.16. The second-order valence-corrected chi connectivity index (χ2v) is 4.41. The van der Waals surface area contributed by atoms with Crippen LogP contribution in [0, 0.1) is 0 Å². The Morgan fingerprint density at radius 1 is 1.21 bits per heavy atom. The molecule has 19 heavy (non-hydrogen) atoms. The van der Waals surface area contributed by atoms with Crippen molar-refractivity contribution in [2.75, 3.05) is 52.9 Å². The Balaban J connectivity index is 2.53. The van der Waals surface area contributed by atoms with Gasteiger partial charge in [-0.3, -0.25) is 4.90 Å². The smallest absolute Gasteiger partial charge is 0.125 e. The van der Waals surface area contributed by atoms with Crippen molar-refractivity contribution in [3.05, 3.63) is 23.9 Å². The summed E-state index contributed by atoms with van der Waals surface area (Å²) < 4.78 is 10.3. The van der Waals surface area contributed by atoms with E-state index in [1.165, 1.54) is 5.56 Å². The normalized spacial score (nSPS) is 10.9. The van der Waals surface area contributed by atoms with E-state index in [0.29, 0.717) is 0 Å². The molecule has 1 heterocycles. The predicted octanol–water partition coefficient (Wildman–Crippen LogP) is 1.61. The molecular formula is C14H25N3O2. The van der Waals surface area contributed by atoms with Crippen LogP contribution in [-0.2, 0) is 16.0 Å². The quantitative estimate of drug-likeness (QED) is 0.653. The third-order valence-corrected chi connectivity index (χ3v) is 2.92. The SMILES string of the molecule is CNc1cc(CN(CCCOC)CCOC)ccn1. The van der Waals surface area contributed by atoms with Gasteiger partial charge in [-0.1, -0.05) is 0 Å². The van der Waals surface area contributed by atoms with Gasteiger partial charge in [-0.25, -0.2) is 4.98 Å². The van der Waals surface area contributed by atoms with Gasteiger partial charge in [0.25, 0.3) is 0 Å². The highest BCUT2D eigenvalue weighted by atomic mass is 16.5. The van der Waals surface area contributed by atoms with Crippen molar-refractivity contribution in [2.45, 2.75) is 13.0 Å². The maximum atomic E-state index is 5.16. The summed E-state index contributed by atoms with van der Waals surface area (Å²) in [6, 6.07) is 4.13. The third kappa shape index (κ3) is 6.52. The van der Waals surface area contributed by atoms with Crippen molar-refractivity contribution in [3.63, 3.8) is 0 Å². The molecule has 0 spiro atoms. The van der Waals surface area contributed by atoms with Gasteiger partial charge in [0, 0.05) is 53.7 Å². The van der Waals surface area contributed by atoms with Gasteiger partial charge in [0.1, 0.15) is 5.82 Å². The molecule has 0 aliphatic carbocycles. The minimum absolute atomic E-state index is 0.747. The van der Waals surface area contributed by atoms with Crippen LogP contribution in [0.25, 0.3) is 0 Å². The molecule has 0 bridgehead atoms. The number of methoxy groups -OCH3 is 2. The maximum Gasteiger partial charge on any atom is 0.125 e. The first-order valence-corrected chi connectivity index (χ1v) is 6.63. The molecule has 1 rings (SSSR count). The average molecular weight is 267 g/mol. The van der Waals surface area contributed by atoms with Crippen LogP contribution in [0.3, 0.4) is 0 Å². The van der Waals surface area contributed by atoms with Crippen LogP contribution >= 0.6 is 0 Å². The van der Waals surface area contributed by atoms with Gasteiger partial charge in [0.05, 0.1) is 6.61 Å². The van der Waals surface area contributed by atoms with E-state index >= 15 is 0 Å². The van der Waals surface area contributed by atoms with Crippen LogP contribution in [0.15, 0.2) is 18.3 Å². The Kier molecular flexibility index (Phi) is 8.13. The summed E-state index contributed by atoms with van der Waals surface area (Å²) in [5.74, 6) is 0.904. The van der Waals surface area contributed by atoms with Crippen LogP contribution in [0.5, 0.6) is 0 Å². The molecule has 0 aliphatic rings. The number of nitrogens with zero attached hydrogens (tertiary/aromatic N) is 2. The summed E-state index contributed by atoms with van der Waals surface area (Å²) in [5, 5.41) is 3.06. The molecule has 108 valence electrons. The monoisotopic (exact) mass is 267 g/mol. The molecule has 1 aromatic heterocycles. The third-order valence-electron chi connectivity index (χ3n) is 2.92. The number of anilines is 1. The topological polar surface area (TPSA) is 46.6 Å². The molecule has 5 nitrogen and oxygen atoms in total. The molecule has 0 amide bonds. The van der Waals surface area contributed by atoms with Crippen molar-refractivity contribution < 1.29 is 9.47 Å². The van der Waals surface area contributed by atoms with Crippen molar-refractivity contribution >= 4 is 5.82 Å². The van der Waals surface area contributed by atoms with Crippen LogP contribution in [0.2, 0.25) is 0 Å². The summed E-state index contributed by atoms with van der Waals surface area (Å²) in [4.78, 5) is 6.60. The molecule has 5 heteroatoms. The second-order valence-electron chi connectivity index (χ2n) is 4.41. The minimum atomic E-state index is 0.747. The molecule has 0 atom stereocenters. The van der Waals surface area contributed by atoms with Gasteiger partial charge in [-0.05, 0) is 24.1 Å². The van der Waals surface area contributed by atoms with Crippen molar-refractivity contribution in [3.8, 4) is 0 Å². The molecule has 1 N–H and O–H groups in total. The molecule has 0 saturated heterocycles. The highest BCUT2D eigenvalue weighted by Crippen LogP contribution is 2.09. The molecule has 0 fully saturated rings. The van der Waals surface area contributed by atoms with Crippen LogP contribution in [0.1, 0.15) is 12.0 Å². The molecule has 0 radical (unpaired) electrons. The molecular weight excluding hydrogens is 242 g/mol. The Bertz CT molecular complexity index is 347. The van der Waals surface area contributed by atoms with Crippen molar-refractivity contribution in [1.29, 1.82) is 0 Å². The van der Waals surface area contributed by atoms with Gasteiger partial charge in [0.2, 0.25) is 0 Å². The Labute approximate surface area is 115 Å². The zero-order chi connectivity index (χ0) is 13.9. The van der Waals surface area contributed by atoms with E-state index in [-0.39, 0.29) is 0 Å². The number of hydrogen-bond donors (Lipinski definition) is 1. The van der Waals surface area contributed by atoms with Gasteiger partial charge >= 0.3 is 0 Å². The van der Waals surface area contributed by atoms with E-state index in [9.17, 15) is 0 Å². The Hall–Kier alpha value is -1.17. The lowest BCUT2D eigenvalue weighted by Gasteiger charge is -2.22. The van der Waals surface area contributed by atoms with E-state index in [1.807, 2.05) is 13.2 Å². The van der Waals surface area contributed by atoms with Crippen LogP contribution in [-0.4, -0.2) is 57.5 Å². The Morgan fingerprint density at radius 2 is 2.00 bits per heavy atom. The van der Waals surface area contributed by atoms with E-state index in [0.717, 1.165) is 45.1 Å². The Morgan fingerprint density at radius 3 is 2.68 bits per heavy atom. The van der Waals surface area contributed by atoms with Crippen molar-refractivity contribution in [1.82, 2.24) is 9.88 Å². The minimum Gasteiger partial charge on any atom is -0.385 e. The van der Waals surface area contributed by atoms with E-state index in [1.54, 1.807) is 14.2 Å². The highest BCUT2D eigenvalue weighted by molar-refractivity contribution is 5.36. The summed E-state index contributed by atoms with van der Waals surface area (Å²) in [6.45, 7) is 4.38. The van der Waals surface area contributed by atoms with Gasteiger partial charge < -0.3 is 14.8 Å². The van der Waals surface area contributed by atoms with Crippen molar-refractivity contribution in [2.24, 2.45) is 0 Å². The van der Waals surface area contributed by atoms with Crippen LogP contribution < -0.4 is 5.32 Å². The number of aromatic nitrogens is 1. The lowest BCUT2D eigenvalue weighted by Crippen LogP contribution is -2.28.